The number of carbonyl (C=O) groups is 2. The molecule has 2 aliphatic rings. The number of carboxylic acid groups (broad SMARTS) is 1. The number of hydrogen-bond donors (Lipinski definition) is 2. The van der Waals surface area contributed by atoms with Crippen LogP contribution in [0.2, 0.25) is 10.0 Å². The zero-order chi connectivity index (χ0) is 14.5. The van der Waals surface area contributed by atoms with Crippen LogP contribution in [0.15, 0.2) is 18.2 Å². The van der Waals surface area contributed by atoms with E-state index in [0.29, 0.717) is 29.3 Å². The fraction of sp³-hybridized carbons (Fsp3) is 0.429. The van der Waals surface area contributed by atoms with Crippen LogP contribution in [0.4, 0.5) is 0 Å². The summed E-state index contributed by atoms with van der Waals surface area (Å²) >= 11 is 12.1. The zero-order valence-electron chi connectivity index (χ0n) is 10.5. The van der Waals surface area contributed by atoms with Crippen LogP contribution < -0.4 is 5.32 Å². The second-order valence-corrected chi connectivity index (χ2v) is 6.25. The molecule has 0 bridgehead atoms. The van der Waals surface area contributed by atoms with Crippen LogP contribution in [0.5, 0.6) is 0 Å². The summed E-state index contributed by atoms with van der Waals surface area (Å²) in [5, 5.41) is 12.7. The highest BCUT2D eigenvalue weighted by molar-refractivity contribution is 6.42. The van der Waals surface area contributed by atoms with Crippen molar-refractivity contribution in [2.75, 3.05) is 0 Å². The first-order chi connectivity index (χ1) is 9.44. The van der Waals surface area contributed by atoms with Crippen LogP contribution in [-0.2, 0) is 9.59 Å². The Bertz CT molecular complexity index is 598. The molecule has 3 rings (SSSR count). The SMILES string of the molecule is O=C(NC1(C(=O)O)CC1)[C@H]1C[C@@H]1c1cccc(Cl)c1Cl. The largest absolute Gasteiger partial charge is 0.480 e. The Labute approximate surface area is 126 Å². The van der Waals surface area contributed by atoms with E-state index in [0.717, 1.165) is 5.56 Å². The molecule has 2 fully saturated rings. The quantitative estimate of drug-likeness (QED) is 0.898. The van der Waals surface area contributed by atoms with Gasteiger partial charge in [0.2, 0.25) is 5.91 Å². The monoisotopic (exact) mass is 313 g/mol. The van der Waals surface area contributed by atoms with E-state index in [4.69, 9.17) is 28.3 Å². The Morgan fingerprint density at radius 2 is 2.00 bits per heavy atom. The molecule has 0 aliphatic heterocycles. The van der Waals surface area contributed by atoms with Gasteiger partial charge in [0.25, 0.3) is 0 Å². The molecule has 4 nitrogen and oxygen atoms in total. The lowest BCUT2D eigenvalue weighted by molar-refractivity contribution is -0.143. The third-order valence-corrected chi connectivity index (χ3v) is 4.86. The van der Waals surface area contributed by atoms with Gasteiger partial charge in [0.05, 0.1) is 10.0 Å². The molecule has 1 amide bonds. The summed E-state index contributed by atoms with van der Waals surface area (Å²) in [5.74, 6) is -1.33. The summed E-state index contributed by atoms with van der Waals surface area (Å²) in [6, 6.07) is 5.36. The molecule has 0 aromatic heterocycles. The fourth-order valence-corrected chi connectivity index (χ4v) is 2.93. The number of amides is 1. The molecule has 0 unspecified atom stereocenters. The van der Waals surface area contributed by atoms with Crippen molar-refractivity contribution < 1.29 is 14.7 Å². The van der Waals surface area contributed by atoms with Gasteiger partial charge in [-0.25, -0.2) is 4.79 Å². The molecular weight excluding hydrogens is 301 g/mol. The fourth-order valence-electron chi connectivity index (χ4n) is 2.48. The third kappa shape index (κ3) is 2.27. The highest BCUT2D eigenvalue weighted by Gasteiger charge is 2.55. The summed E-state index contributed by atoms with van der Waals surface area (Å²) in [4.78, 5) is 23.2. The maximum absolute atomic E-state index is 12.1. The van der Waals surface area contributed by atoms with Gasteiger partial charge in [-0.15, -0.1) is 0 Å². The molecular formula is C14H13Cl2NO3. The highest BCUT2D eigenvalue weighted by atomic mass is 35.5. The number of rotatable bonds is 4. The van der Waals surface area contributed by atoms with Crippen molar-refractivity contribution in [2.24, 2.45) is 5.92 Å². The van der Waals surface area contributed by atoms with E-state index < -0.39 is 11.5 Å². The van der Waals surface area contributed by atoms with Gasteiger partial charge in [0.1, 0.15) is 5.54 Å². The van der Waals surface area contributed by atoms with Crippen LogP contribution in [0, 0.1) is 5.92 Å². The van der Waals surface area contributed by atoms with E-state index in [9.17, 15) is 9.59 Å². The molecule has 20 heavy (non-hydrogen) atoms. The molecule has 6 heteroatoms. The molecule has 2 N–H and O–H groups in total. The standard InChI is InChI=1S/C14H13Cl2NO3/c15-10-3-1-2-7(11(10)16)8-6-9(8)12(18)17-14(4-5-14)13(19)20/h1-3,8-9H,4-6H2,(H,17,18)(H,19,20)/t8-,9+/m1/s1. The van der Waals surface area contributed by atoms with Gasteiger partial charge in [-0.1, -0.05) is 35.3 Å². The van der Waals surface area contributed by atoms with E-state index in [1.165, 1.54) is 0 Å². The predicted octanol–water partition coefficient (Wildman–Crippen LogP) is 2.83. The molecule has 0 heterocycles. The van der Waals surface area contributed by atoms with Gasteiger partial charge in [0.15, 0.2) is 0 Å². The summed E-state index contributed by atoms with van der Waals surface area (Å²) in [5.41, 5.74) is -0.165. The van der Waals surface area contributed by atoms with Crippen molar-refractivity contribution in [3.8, 4) is 0 Å². The van der Waals surface area contributed by atoms with Crippen LogP contribution in [0.3, 0.4) is 0 Å². The zero-order valence-corrected chi connectivity index (χ0v) is 12.0. The summed E-state index contributed by atoms with van der Waals surface area (Å²) < 4.78 is 0. The number of hydrogen-bond acceptors (Lipinski definition) is 2. The maximum Gasteiger partial charge on any atom is 0.329 e. The first-order valence-corrected chi connectivity index (χ1v) is 7.19. The van der Waals surface area contributed by atoms with Crippen molar-refractivity contribution in [3.63, 3.8) is 0 Å². The average molecular weight is 314 g/mol. The van der Waals surface area contributed by atoms with Crippen molar-refractivity contribution in [1.82, 2.24) is 5.32 Å². The lowest BCUT2D eigenvalue weighted by Crippen LogP contribution is -2.43. The van der Waals surface area contributed by atoms with Crippen molar-refractivity contribution in [1.29, 1.82) is 0 Å². The van der Waals surface area contributed by atoms with E-state index in [1.807, 2.05) is 6.07 Å². The smallest absolute Gasteiger partial charge is 0.329 e. The molecule has 1 aromatic rings. The Hall–Kier alpha value is -1.26. The maximum atomic E-state index is 12.1. The van der Waals surface area contributed by atoms with Crippen molar-refractivity contribution in [3.05, 3.63) is 33.8 Å². The van der Waals surface area contributed by atoms with Gasteiger partial charge >= 0.3 is 5.97 Å². The van der Waals surface area contributed by atoms with Crippen LogP contribution in [-0.4, -0.2) is 22.5 Å². The summed E-state index contributed by atoms with van der Waals surface area (Å²) in [6.45, 7) is 0. The molecule has 1 aromatic carbocycles. The number of carboxylic acids is 1. The van der Waals surface area contributed by atoms with Crippen LogP contribution in [0.25, 0.3) is 0 Å². The van der Waals surface area contributed by atoms with Gasteiger partial charge in [-0.2, -0.15) is 0 Å². The average Bonchev–Trinajstić information content (AvgIpc) is 3.25. The molecule has 2 aliphatic carbocycles. The Morgan fingerprint density at radius 1 is 1.30 bits per heavy atom. The minimum Gasteiger partial charge on any atom is -0.480 e. The normalized spacial score (nSPS) is 25.9. The molecule has 2 saturated carbocycles. The molecule has 0 saturated heterocycles. The topological polar surface area (TPSA) is 66.4 Å². The van der Waals surface area contributed by atoms with E-state index >= 15 is 0 Å². The number of nitrogens with one attached hydrogen (secondary N) is 1. The van der Waals surface area contributed by atoms with Crippen molar-refractivity contribution in [2.45, 2.75) is 30.7 Å². The molecule has 0 radical (unpaired) electrons. The number of aliphatic carboxylic acids is 1. The predicted molar refractivity (Wildman–Crippen MR) is 75.1 cm³/mol. The lowest BCUT2D eigenvalue weighted by Gasteiger charge is -2.12. The third-order valence-electron chi connectivity index (χ3n) is 4.03. The van der Waals surface area contributed by atoms with E-state index in [2.05, 4.69) is 5.32 Å². The van der Waals surface area contributed by atoms with Crippen LogP contribution >= 0.6 is 23.2 Å². The minimum absolute atomic E-state index is 0.0331. The van der Waals surface area contributed by atoms with Gasteiger partial charge in [-0.3, -0.25) is 4.79 Å². The number of halogens is 2. The summed E-state index contributed by atoms with van der Waals surface area (Å²) in [6.07, 6.45) is 1.69. The van der Waals surface area contributed by atoms with Gasteiger partial charge < -0.3 is 10.4 Å². The second kappa shape index (κ2) is 4.64. The van der Waals surface area contributed by atoms with E-state index in [-0.39, 0.29) is 17.7 Å². The van der Waals surface area contributed by atoms with Gasteiger partial charge in [0, 0.05) is 5.92 Å². The number of carbonyl (C=O) groups excluding carboxylic acids is 1. The molecule has 106 valence electrons. The second-order valence-electron chi connectivity index (χ2n) is 5.47. The Morgan fingerprint density at radius 3 is 2.60 bits per heavy atom. The Balaban J connectivity index is 1.69. The van der Waals surface area contributed by atoms with E-state index in [1.54, 1.807) is 12.1 Å². The minimum atomic E-state index is -1.03. The Kier molecular flexibility index (Phi) is 3.18. The molecule has 0 spiro atoms. The number of benzene rings is 1. The summed E-state index contributed by atoms with van der Waals surface area (Å²) in [7, 11) is 0. The highest BCUT2D eigenvalue weighted by Crippen LogP contribution is 2.51. The molecule has 2 atom stereocenters. The van der Waals surface area contributed by atoms with Crippen LogP contribution in [0.1, 0.15) is 30.7 Å². The van der Waals surface area contributed by atoms with Crippen molar-refractivity contribution >= 4 is 35.1 Å². The first-order valence-electron chi connectivity index (χ1n) is 6.44. The lowest BCUT2D eigenvalue weighted by atomic mass is 10.1. The first kappa shape index (κ1) is 13.7. The van der Waals surface area contributed by atoms with Gasteiger partial charge in [-0.05, 0) is 36.8 Å².